The van der Waals surface area contributed by atoms with E-state index in [-0.39, 0.29) is 11.8 Å². The van der Waals surface area contributed by atoms with E-state index < -0.39 is 0 Å². The van der Waals surface area contributed by atoms with Crippen molar-refractivity contribution in [3.8, 4) is 0 Å². The van der Waals surface area contributed by atoms with Crippen LogP contribution in [0.15, 0.2) is 42.5 Å². The molecule has 6 heteroatoms. The van der Waals surface area contributed by atoms with Gasteiger partial charge in [0.1, 0.15) is 0 Å². The van der Waals surface area contributed by atoms with Crippen molar-refractivity contribution in [1.29, 1.82) is 0 Å². The number of hydrogen-bond donors (Lipinski definition) is 1. The molecular formula is C18H16Cl2N2O2. The average Bonchev–Trinajstić information content (AvgIpc) is 3.08. The summed E-state index contributed by atoms with van der Waals surface area (Å²) in [5.74, 6) is -0.423. The Bertz CT molecular complexity index is 766. The second-order valence-electron chi connectivity index (χ2n) is 5.66. The normalized spacial score (nSPS) is 13.8. The SMILES string of the molecule is O=C(Nc1ccccc1C(=O)N1CCCC1)c1cc(Cl)cc(Cl)c1. The van der Waals surface area contributed by atoms with Crippen LogP contribution in [0.3, 0.4) is 0 Å². The van der Waals surface area contributed by atoms with Crippen LogP contribution in [-0.2, 0) is 0 Å². The van der Waals surface area contributed by atoms with Gasteiger partial charge in [-0.3, -0.25) is 9.59 Å². The molecule has 2 amide bonds. The number of benzene rings is 2. The number of rotatable bonds is 3. The molecule has 1 aliphatic rings. The minimum absolute atomic E-state index is 0.0625. The zero-order valence-corrected chi connectivity index (χ0v) is 14.4. The Kier molecular flexibility index (Phi) is 5.07. The Balaban J connectivity index is 1.84. The van der Waals surface area contributed by atoms with Crippen LogP contribution in [0.25, 0.3) is 0 Å². The van der Waals surface area contributed by atoms with Crippen molar-refractivity contribution in [2.24, 2.45) is 0 Å². The maximum atomic E-state index is 12.6. The highest BCUT2D eigenvalue weighted by Gasteiger charge is 2.22. The molecule has 1 fully saturated rings. The predicted molar refractivity (Wildman–Crippen MR) is 96.0 cm³/mol. The lowest BCUT2D eigenvalue weighted by molar-refractivity contribution is 0.0794. The fourth-order valence-electron chi connectivity index (χ4n) is 2.75. The molecule has 124 valence electrons. The first-order valence-corrected chi connectivity index (χ1v) is 8.46. The fraction of sp³-hybridized carbons (Fsp3) is 0.222. The number of anilines is 1. The molecule has 0 bridgehead atoms. The van der Waals surface area contributed by atoms with E-state index in [1.54, 1.807) is 35.2 Å². The number of nitrogens with zero attached hydrogens (tertiary/aromatic N) is 1. The average molecular weight is 363 g/mol. The molecule has 1 N–H and O–H groups in total. The number of nitrogens with one attached hydrogen (secondary N) is 1. The van der Waals surface area contributed by atoms with Crippen molar-refractivity contribution in [3.05, 3.63) is 63.6 Å². The van der Waals surface area contributed by atoms with E-state index >= 15 is 0 Å². The van der Waals surface area contributed by atoms with Gasteiger partial charge in [-0.2, -0.15) is 0 Å². The van der Waals surface area contributed by atoms with E-state index in [4.69, 9.17) is 23.2 Å². The van der Waals surface area contributed by atoms with Gasteiger partial charge in [0.2, 0.25) is 0 Å². The molecule has 2 aromatic carbocycles. The maximum Gasteiger partial charge on any atom is 0.255 e. The minimum atomic E-state index is -0.360. The summed E-state index contributed by atoms with van der Waals surface area (Å²) in [7, 11) is 0. The van der Waals surface area contributed by atoms with Crippen molar-refractivity contribution >= 4 is 40.7 Å². The van der Waals surface area contributed by atoms with Crippen LogP contribution in [0.4, 0.5) is 5.69 Å². The summed E-state index contributed by atoms with van der Waals surface area (Å²) in [5, 5.41) is 3.55. The third-order valence-electron chi connectivity index (χ3n) is 3.92. The number of amides is 2. The van der Waals surface area contributed by atoms with Gasteiger partial charge < -0.3 is 10.2 Å². The number of halogens is 2. The monoisotopic (exact) mass is 362 g/mol. The van der Waals surface area contributed by atoms with Crippen molar-refractivity contribution < 1.29 is 9.59 Å². The highest BCUT2D eigenvalue weighted by atomic mass is 35.5. The van der Waals surface area contributed by atoms with Crippen LogP contribution in [0.5, 0.6) is 0 Å². The van der Waals surface area contributed by atoms with Crippen molar-refractivity contribution in [1.82, 2.24) is 4.90 Å². The largest absolute Gasteiger partial charge is 0.339 e. The second kappa shape index (κ2) is 7.24. The van der Waals surface area contributed by atoms with Gasteiger partial charge in [0.25, 0.3) is 11.8 Å². The molecule has 4 nitrogen and oxygen atoms in total. The van der Waals surface area contributed by atoms with E-state index in [0.29, 0.717) is 26.9 Å². The molecule has 24 heavy (non-hydrogen) atoms. The molecule has 3 rings (SSSR count). The van der Waals surface area contributed by atoms with Crippen LogP contribution >= 0.6 is 23.2 Å². The van der Waals surface area contributed by atoms with Crippen LogP contribution in [-0.4, -0.2) is 29.8 Å². The number of hydrogen-bond acceptors (Lipinski definition) is 2. The van der Waals surface area contributed by atoms with Gasteiger partial charge in [0.15, 0.2) is 0 Å². The fourth-order valence-corrected chi connectivity index (χ4v) is 3.27. The molecule has 0 radical (unpaired) electrons. The first-order chi connectivity index (χ1) is 11.5. The summed E-state index contributed by atoms with van der Waals surface area (Å²) < 4.78 is 0. The number of likely N-dealkylation sites (tertiary alicyclic amines) is 1. The van der Waals surface area contributed by atoms with Gasteiger partial charge in [0, 0.05) is 28.7 Å². The second-order valence-corrected chi connectivity index (χ2v) is 6.53. The number of para-hydroxylation sites is 1. The van der Waals surface area contributed by atoms with Gasteiger partial charge in [-0.1, -0.05) is 35.3 Å². The summed E-state index contributed by atoms with van der Waals surface area (Å²) in [6, 6.07) is 11.6. The summed E-state index contributed by atoms with van der Waals surface area (Å²) >= 11 is 11.9. The summed E-state index contributed by atoms with van der Waals surface area (Å²) in [5.41, 5.74) is 1.31. The van der Waals surface area contributed by atoms with Gasteiger partial charge in [-0.25, -0.2) is 0 Å². The van der Waals surface area contributed by atoms with E-state index in [0.717, 1.165) is 25.9 Å². The first-order valence-electron chi connectivity index (χ1n) is 7.70. The number of carbonyl (C=O) groups is 2. The standard InChI is InChI=1S/C18H16Cl2N2O2/c19-13-9-12(10-14(20)11-13)17(23)21-16-6-2-1-5-15(16)18(24)22-7-3-4-8-22/h1-2,5-6,9-11H,3-4,7-8H2,(H,21,23). The third kappa shape index (κ3) is 3.71. The van der Waals surface area contributed by atoms with Crippen molar-refractivity contribution in [2.75, 3.05) is 18.4 Å². The maximum absolute atomic E-state index is 12.6. The third-order valence-corrected chi connectivity index (χ3v) is 4.36. The zero-order valence-electron chi connectivity index (χ0n) is 12.9. The van der Waals surface area contributed by atoms with Crippen LogP contribution in [0.2, 0.25) is 10.0 Å². The topological polar surface area (TPSA) is 49.4 Å². The minimum Gasteiger partial charge on any atom is -0.339 e. The lowest BCUT2D eigenvalue weighted by atomic mass is 10.1. The quantitative estimate of drug-likeness (QED) is 0.874. The van der Waals surface area contributed by atoms with E-state index in [2.05, 4.69) is 5.32 Å². The molecule has 0 aromatic heterocycles. The molecule has 0 aliphatic carbocycles. The lowest BCUT2D eigenvalue weighted by Gasteiger charge is -2.18. The van der Waals surface area contributed by atoms with Crippen LogP contribution < -0.4 is 5.32 Å². The van der Waals surface area contributed by atoms with Crippen LogP contribution in [0, 0.1) is 0 Å². The Morgan fingerprint density at radius 1 is 0.958 bits per heavy atom. The molecule has 0 unspecified atom stereocenters. The molecule has 2 aromatic rings. The van der Waals surface area contributed by atoms with Crippen LogP contribution in [0.1, 0.15) is 33.6 Å². The summed E-state index contributed by atoms with van der Waals surface area (Å²) in [6.07, 6.45) is 2.03. The molecule has 0 atom stereocenters. The van der Waals surface area contributed by atoms with E-state index in [1.807, 2.05) is 0 Å². The van der Waals surface area contributed by atoms with Gasteiger partial charge in [0.05, 0.1) is 11.3 Å². The molecule has 0 saturated carbocycles. The van der Waals surface area contributed by atoms with Crippen molar-refractivity contribution in [3.63, 3.8) is 0 Å². The zero-order chi connectivity index (χ0) is 17.1. The van der Waals surface area contributed by atoms with Gasteiger partial charge in [-0.15, -0.1) is 0 Å². The molecule has 1 aliphatic heterocycles. The highest BCUT2D eigenvalue weighted by molar-refractivity contribution is 6.35. The predicted octanol–water partition coefficient (Wildman–Crippen LogP) is 4.48. The molecule has 1 heterocycles. The van der Waals surface area contributed by atoms with Crippen molar-refractivity contribution in [2.45, 2.75) is 12.8 Å². The first kappa shape index (κ1) is 16.8. The Morgan fingerprint density at radius 3 is 2.25 bits per heavy atom. The Morgan fingerprint density at radius 2 is 1.58 bits per heavy atom. The highest BCUT2D eigenvalue weighted by Crippen LogP contribution is 2.23. The smallest absolute Gasteiger partial charge is 0.255 e. The summed E-state index contributed by atoms with van der Waals surface area (Å²) in [4.78, 5) is 26.9. The number of carbonyl (C=O) groups excluding carboxylic acids is 2. The van der Waals surface area contributed by atoms with E-state index in [1.165, 1.54) is 12.1 Å². The lowest BCUT2D eigenvalue weighted by Crippen LogP contribution is -2.28. The van der Waals surface area contributed by atoms with Gasteiger partial charge in [-0.05, 0) is 43.2 Å². The molecule has 0 spiro atoms. The molecule has 1 saturated heterocycles. The summed E-state index contributed by atoms with van der Waals surface area (Å²) in [6.45, 7) is 1.51. The van der Waals surface area contributed by atoms with E-state index in [9.17, 15) is 9.59 Å². The Labute approximate surface area is 150 Å². The Hall–Kier alpha value is -2.04. The van der Waals surface area contributed by atoms with Gasteiger partial charge >= 0.3 is 0 Å². The molecular weight excluding hydrogens is 347 g/mol.